The van der Waals surface area contributed by atoms with Crippen LogP contribution in [-0.2, 0) is 9.53 Å². The van der Waals surface area contributed by atoms with Crippen LogP contribution >= 0.6 is 0 Å². The third-order valence-corrected chi connectivity index (χ3v) is 3.52. The lowest BCUT2D eigenvalue weighted by Crippen LogP contribution is -2.64. The lowest BCUT2D eigenvalue weighted by molar-refractivity contribution is -0.236. The standard InChI is InChI=1S/C12H25N5O6/c13-5(2-1-3-16-12(14)15)10(22)17-11-9(21)8(20)7(19)6(4-18)23-11/h5-9,11,18-21H,1-4,13H2,(H,17,22)(H4,14,15,16). The molecule has 1 aliphatic heterocycles. The third-order valence-electron chi connectivity index (χ3n) is 3.52. The SMILES string of the molecule is N=C(N)NCCCC(N)C(=O)NC1OC(CO)C(O)C(O)C1O. The van der Waals surface area contributed by atoms with E-state index in [0.717, 1.165) is 0 Å². The second-order valence-corrected chi connectivity index (χ2v) is 5.35. The van der Waals surface area contributed by atoms with Crippen LogP contribution in [0, 0.1) is 5.41 Å². The normalized spacial score (nSPS) is 32.1. The Morgan fingerprint density at radius 3 is 2.48 bits per heavy atom. The van der Waals surface area contributed by atoms with Crippen molar-refractivity contribution in [3.05, 3.63) is 0 Å². The van der Waals surface area contributed by atoms with Gasteiger partial charge in [0.25, 0.3) is 0 Å². The molecular formula is C12H25N5O6. The molecule has 11 heteroatoms. The maximum Gasteiger partial charge on any atom is 0.238 e. The van der Waals surface area contributed by atoms with Crippen molar-refractivity contribution in [2.45, 2.75) is 49.5 Å². The van der Waals surface area contributed by atoms with Crippen LogP contribution in [0.4, 0.5) is 0 Å². The Morgan fingerprint density at radius 1 is 1.26 bits per heavy atom. The molecule has 0 aromatic rings. The van der Waals surface area contributed by atoms with Crippen molar-refractivity contribution in [1.82, 2.24) is 10.6 Å². The Labute approximate surface area is 133 Å². The molecule has 1 rings (SSSR count). The molecule has 23 heavy (non-hydrogen) atoms. The van der Waals surface area contributed by atoms with Crippen LogP contribution in [0.2, 0.25) is 0 Å². The van der Waals surface area contributed by atoms with Gasteiger partial charge in [0.2, 0.25) is 5.91 Å². The number of hydrogen-bond donors (Lipinski definition) is 9. The summed E-state index contributed by atoms with van der Waals surface area (Å²) in [5, 5.41) is 50.0. The number of carbonyl (C=O) groups excluding carboxylic acids is 1. The molecule has 1 aliphatic rings. The van der Waals surface area contributed by atoms with Gasteiger partial charge in [-0.2, -0.15) is 0 Å². The lowest BCUT2D eigenvalue weighted by atomic mass is 9.98. The zero-order chi connectivity index (χ0) is 17.6. The molecule has 1 saturated heterocycles. The number of hydrogen-bond acceptors (Lipinski definition) is 8. The minimum absolute atomic E-state index is 0.177. The molecule has 0 spiro atoms. The second-order valence-electron chi connectivity index (χ2n) is 5.35. The van der Waals surface area contributed by atoms with Crippen LogP contribution < -0.4 is 22.1 Å². The zero-order valence-electron chi connectivity index (χ0n) is 12.6. The van der Waals surface area contributed by atoms with Crippen LogP contribution in [0.5, 0.6) is 0 Å². The maximum atomic E-state index is 11.9. The fourth-order valence-corrected chi connectivity index (χ4v) is 2.14. The first kappa shape index (κ1) is 19.5. The predicted octanol–water partition coefficient (Wildman–Crippen LogP) is -4.51. The average Bonchev–Trinajstić information content (AvgIpc) is 2.51. The Hall–Kier alpha value is -1.50. The van der Waals surface area contributed by atoms with E-state index in [1.165, 1.54) is 0 Å². The quantitative estimate of drug-likeness (QED) is 0.124. The smallest absolute Gasteiger partial charge is 0.238 e. The highest BCUT2D eigenvalue weighted by Crippen LogP contribution is 2.19. The van der Waals surface area contributed by atoms with Crippen molar-refractivity contribution in [2.24, 2.45) is 11.5 Å². The summed E-state index contributed by atoms with van der Waals surface area (Å²) >= 11 is 0. The first-order chi connectivity index (χ1) is 10.8. The molecule has 0 aliphatic carbocycles. The average molecular weight is 335 g/mol. The van der Waals surface area contributed by atoms with Gasteiger partial charge in [-0.1, -0.05) is 0 Å². The number of amides is 1. The van der Waals surface area contributed by atoms with E-state index in [0.29, 0.717) is 19.4 Å². The van der Waals surface area contributed by atoms with Gasteiger partial charge in [-0.25, -0.2) is 0 Å². The number of rotatable bonds is 7. The molecule has 0 saturated carbocycles. The van der Waals surface area contributed by atoms with E-state index in [-0.39, 0.29) is 5.96 Å². The highest BCUT2D eigenvalue weighted by molar-refractivity contribution is 5.81. The van der Waals surface area contributed by atoms with Gasteiger partial charge in [-0.05, 0) is 12.8 Å². The number of carbonyl (C=O) groups is 1. The highest BCUT2D eigenvalue weighted by Gasteiger charge is 2.44. The Kier molecular flexibility index (Phi) is 7.61. The van der Waals surface area contributed by atoms with Crippen molar-refractivity contribution in [2.75, 3.05) is 13.2 Å². The van der Waals surface area contributed by atoms with E-state index < -0.39 is 49.2 Å². The van der Waals surface area contributed by atoms with Crippen LogP contribution in [0.25, 0.3) is 0 Å². The topological polar surface area (TPSA) is 207 Å². The summed E-state index contributed by atoms with van der Waals surface area (Å²) < 4.78 is 5.15. The molecule has 0 radical (unpaired) electrons. The summed E-state index contributed by atoms with van der Waals surface area (Å²) in [5.41, 5.74) is 10.8. The molecule has 1 heterocycles. The largest absolute Gasteiger partial charge is 0.394 e. The molecule has 11 N–H and O–H groups in total. The second kappa shape index (κ2) is 8.96. The van der Waals surface area contributed by atoms with Crippen molar-refractivity contribution >= 4 is 11.9 Å². The first-order valence-corrected chi connectivity index (χ1v) is 7.22. The number of guanidine groups is 1. The van der Waals surface area contributed by atoms with E-state index in [4.69, 9.17) is 26.7 Å². The number of nitrogens with two attached hydrogens (primary N) is 2. The number of aliphatic hydroxyl groups excluding tert-OH is 4. The van der Waals surface area contributed by atoms with Gasteiger partial charge in [0.05, 0.1) is 12.6 Å². The summed E-state index contributed by atoms with van der Waals surface area (Å²) in [5.74, 6) is -0.790. The fourth-order valence-electron chi connectivity index (χ4n) is 2.14. The third kappa shape index (κ3) is 5.57. The van der Waals surface area contributed by atoms with Gasteiger partial charge in [0.1, 0.15) is 24.4 Å². The summed E-state index contributed by atoms with van der Waals surface area (Å²) in [7, 11) is 0. The lowest BCUT2D eigenvalue weighted by Gasteiger charge is -2.40. The molecule has 6 unspecified atom stereocenters. The van der Waals surface area contributed by atoms with E-state index in [1.807, 2.05) is 0 Å². The number of nitrogens with one attached hydrogen (secondary N) is 3. The summed E-state index contributed by atoms with van der Waals surface area (Å²) in [6.45, 7) is -0.198. The van der Waals surface area contributed by atoms with Crippen molar-refractivity contribution < 1.29 is 30.0 Å². The Balaban J connectivity index is 2.46. The Morgan fingerprint density at radius 2 is 1.91 bits per heavy atom. The number of aliphatic hydroxyl groups is 4. The van der Waals surface area contributed by atoms with Crippen LogP contribution in [0.1, 0.15) is 12.8 Å². The number of ether oxygens (including phenoxy) is 1. The Bertz CT molecular complexity index is 409. The minimum Gasteiger partial charge on any atom is -0.394 e. The molecule has 1 fully saturated rings. The van der Waals surface area contributed by atoms with Crippen molar-refractivity contribution in [3.63, 3.8) is 0 Å². The minimum atomic E-state index is -1.57. The van der Waals surface area contributed by atoms with Gasteiger partial charge >= 0.3 is 0 Å². The molecule has 11 nitrogen and oxygen atoms in total. The predicted molar refractivity (Wildman–Crippen MR) is 79.0 cm³/mol. The van der Waals surface area contributed by atoms with E-state index in [2.05, 4.69) is 10.6 Å². The van der Waals surface area contributed by atoms with Crippen LogP contribution in [0.15, 0.2) is 0 Å². The first-order valence-electron chi connectivity index (χ1n) is 7.22. The molecule has 1 amide bonds. The molecule has 6 atom stereocenters. The van der Waals surface area contributed by atoms with E-state index >= 15 is 0 Å². The highest BCUT2D eigenvalue weighted by atomic mass is 16.6. The fraction of sp³-hybridized carbons (Fsp3) is 0.833. The van der Waals surface area contributed by atoms with Crippen molar-refractivity contribution in [1.29, 1.82) is 5.41 Å². The molecule has 134 valence electrons. The molecule has 0 aromatic heterocycles. The van der Waals surface area contributed by atoms with Gasteiger partial charge < -0.3 is 47.3 Å². The summed E-state index contributed by atoms with van der Waals surface area (Å²) in [6, 6.07) is -0.892. The summed E-state index contributed by atoms with van der Waals surface area (Å²) in [6.07, 6.45) is -6.22. The summed E-state index contributed by atoms with van der Waals surface area (Å²) in [4.78, 5) is 11.9. The van der Waals surface area contributed by atoms with Crippen molar-refractivity contribution in [3.8, 4) is 0 Å². The van der Waals surface area contributed by atoms with Crippen LogP contribution in [0.3, 0.4) is 0 Å². The molecule has 0 aromatic carbocycles. The van der Waals surface area contributed by atoms with E-state index in [9.17, 15) is 20.1 Å². The van der Waals surface area contributed by atoms with Gasteiger partial charge in [0.15, 0.2) is 12.2 Å². The van der Waals surface area contributed by atoms with Gasteiger partial charge in [0, 0.05) is 6.54 Å². The molecular weight excluding hydrogens is 310 g/mol. The monoisotopic (exact) mass is 335 g/mol. The van der Waals surface area contributed by atoms with Gasteiger partial charge in [-0.15, -0.1) is 0 Å². The van der Waals surface area contributed by atoms with E-state index in [1.54, 1.807) is 0 Å². The van der Waals surface area contributed by atoms with Gasteiger partial charge in [-0.3, -0.25) is 10.2 Å². The molecule has 0 bridgehead atoms. The zero-order valence-corrected chi connectivity index (χ0v) is 12.6. The maximum absolute atomic E-state index is 11.9. The van der Waals surface area contributed by atoms with Crippen LogP contribution in [-0.4, -0.2) is 82.1 Å².